The van der Waals surface area contributed by atoms with E-state index >= 15 is 0 Å². The molecule has 6 N–H and O–H groups in total. The summed E-state index contributed by atoms with van der Waals surface area (Å²) in [4.78, 5) is 23.8. The Labute approximate surface area is 118 Å². The highest BCUT2D eigenvalue weighted by Gasteiger charge is 2.13. The molecule has 0 aliphatic rings. The first-order valence-electron chi connectivity index (χ1n) is 6.70. The molecule has 0 saturated carbocycles. The molecule has 1 aromatic carbocycles. The van der Waals surface area contributed by atoms with Crippen LogP contribution in [-0.2, 0) is 0 Å². The van der Waals surface area contributed by atoms with Gasteiger partial charge >= 0.3 is 0 Å². The zero-order valence-corrected chi connectivity index (χ0v) is 11.8. The molecular weight excluding hydrogens is 256 g/mol. The lowest BCUT2D eigenvalue weighted by Gasteiger charge is -2.13. The number of hydrogen-bond donors (Lipinski definition) is 4. The van der Waals surface area contributed by atoms with Gasteiger partial charge in [0.25, 0.3) is 11.8 Å². The zero-order valence-electron chi connectivity index (χ0n) is 11.8. The van der Waals surface area contributed by atoms with E-state index in [9.17, 15) is 9.59 Å². The van der Waals surface area contributed by atoms with E-state index < -0.39 is 12.3 Å². The first-order chi connectivity index (χ1) is 9.47. The second-order valence-corrected chi connectivity index (χ2v) is 4.56. The highest BCUT2D eigenvalue weighted by molar-refractivity contribution is 5.99. The lowest BCUT2D eigenvalue weighted by atomic mass is 10.1. The molecule has 0 aliphatic heterocycles. The molecule has 20 heavy (non-hydrogen) atoms. The quantitative estimate of drug-likeness (QED) is 0.569. The van der Waals surface area contributed by atoms with Gasteiger partial charge in [-0.3, -0.25) is 9.59 Å². The van der Waals surface area contributed by atoms with Crippen LogP contribution in [0, 0.1) is 0 Å². The molecule has 2 unspecified atom stereocenters. The van der Waals surface area contributed by atoms with Gasteiger partial charge in [0, 0.05) is 11.1 Å². The third kappa shape index (κ3) is 4.64. The van der Waals surface area contributed by atoms with Crippen LogP contribution >= 0.6 is 0 Å². The van der Waals surface area contributed by atoms with Crippen LogP contribution in [0.15, 0.2) is 24.3 Å². The maximum Gasteiger partial charge on any atom is 0.252 e. The molecule has 0 radical (unpaired) electrons. The van der Waals surface area contributed by atoms with Crippen molar-refractivity contribution in [3.05, 3.63) is 35.4 Å². The Morgan fingerprint density at radius 3 is 1.75 bits per heavy atom. The van der Waals surface area contributed by atoms with E-state index in [-0.39, 0.29) is 11.8 Å². The molecule has 0 aliphatic carbocycles. The number of rotatable bonds is 6. The summed E-state index contributed by atoms with van der Waals surface area (Å²) in [5, 5.41) is 5.29. The van der Waals surface area contributed by atoms with Crippen LogP contribution in [-0.4, -0.2) is 24.1 Å². The molecule has 1 aromatic rings. The average Bonchev–Trinajstić information content (AvgIpc) is 2.46. The van der Waals surface area contributed by atoms with Gasteiger partial charge in [0.15, 0.2) is 0 Å². The predicted molar refractivity (Wildman–Crippen MR) is 77.9 cm³/mol. The van der Waals surface area contributed by atoms with Crippen LogP contribution in [0.1, 0.15) is 47.4 Å². The van der Waals surface area contributed by atoms with Crippen LogP contribution in [0.4, 0.5) is 0 Å². The highest BCUT2D eigenvalue weighted by atomic mass is 16.2. The smallest absolute Gasteiger partial charge is 0.252 e. The number of amides is 2. The molecule has 6 heteroatoms. The summed E-state index contributed by atoms with van der Waals surface area (Å²) < 4.78 is 0. The summed E-state index contributed by atoms with van der Waals surface area (Å²) in [6.45, 7) is 3.75. The van der Waals surface area contributed by atoms with E-state index in [2.05, 4.69) is 10.6 Å². The van der Waals surface area contributed by atoms with Gasteiger partial charge in [0.1, 0.15) is 0 Å². The number of nitrogens with two attached hydrogens (primary N) is 2. The largest absolute Gasteiger partial charge is 0.337 e. The van der Waals surface area contributed by atoms with Crippen LogP contribution in [0.5, 0.6) is 0 Å². The van der Waals surface area contributed by atoms with Gasteiger partial charge in [0.2, 0.25) is 0 Å². The van der Waals surface area contributed by atoms with Gasteiger partial charge in [-0.2, -0.15) is 0 Å². The fraction of sp³-hybridized carbons (Fsp3) is 0.429. The Morgan fingerprint density at radius 1 is 1.00 bits per heavy atom. The standard InChI is InChI=1S/C14H22N4O2/c1-3-11(15)17-13(19)9-6-5-7-10(8-9)14(20)18-12(16)4-2/h5-8,11-12H,3-4,15-16H2,1-2H3,(H,17,19)(H,18,20). The van der Waals surface area contributed by atoms with Gasteiger partial charge in [-0.05, 0) is 31.0 Å². The van der Waals surface area contributed by atoms with E-state index in [1.807, 2.05) is 13.8 Å². The zero-order chi connectivity index (χ0) is 15.1. The molecule has 0 spiro atoms. The third-order valence-electron chi connectivity index (χ3n) is 2.90. The van der Waals surface area contributed by atoms with Crippen molar-refractivity contribution in [2.75, 3.05) is 0 Å². The van der Waals surface area contributed by atoms with Crippen molar-refractivity contribution >= 4 is 11.8 Å². The van der Waals surface area contributed by atoms with E-state index in [0.717, 1.165) is 0 Å². The maximum atomic E-state index is 11.9. The first-order valence-corrected chi connectivity index (χ1v) is 6.70. The van der Waals surface area contributed by atoms with E-state index in [4.69, 9.17) is 11.5 Å². The van der Waals surface area contributed by atoms with Gasteiger partial charge in [-0.1, -0.05) is 19.9 Å². The Bertz CT molecular complexity index is 437. The molecular formula is C14H22N4O2. The molecule has 0 aromatic heterocycles. The molecule has 2 atom stereocenters. The van der Waals surface area contributed by atoms with E-state index in [1.54, 1.807) is 18.2 Å². The van der Waals surface area contributed by atoms with Gasteiger partial charge in [0.05, 0.1) is 12.3 Å². The lowest BCUT2D eigenvalue weighted by molar-refractivity contribution is 0.0936. The average molecular weight is 278 g/mol. The minimum absolute atomic E-state index is 0.297. The minimum atomic E-state index is -0.395. The maximum absolute atomic E-state index is 11.9. The second kappa shape index (κ2) is 7.62. The van der Waals surface area contributed by atoms with E-state index in [1.165, 1.54) is 6.07 Å². The van der Waals surface area contributed by atoms with Crippen LogP contribution in [0.3, 0.4) is 0 Å². The summed E-state index contributed by atoms with van der Waals surface area (Å²) >= 11 is 0. The molecule has 0 bridgehead atoms. The highest BCUT2D eigenvalue weighted by Crippen LogP contribution is 2.06. The first kappa shape index (κ1) is 16.1. The summed E-state index contributed by atoms with van der Waals surface area (Å²) in [5.74, 6) is -0.595. The number of hydrogen-bond acceptors (Lipinski definition) is 4. The number of nitrogens with one attached hydrogen (secondary N) is 2. The molecule has 1 rings (SSSR count). The monoisotopic (exact) mass is 278 g/mol. The Balaban J connectivity index is 2.80. The predicted octanol–water partition coefficient (Wildman–Crippen LogP) is 0.536. The van der Waals surface area contributed by atoms with Crippen molar-refractivity contribution in [3.63, 3.8) is 0 Å². The molecule has 6 nitrogen and oxygen atoms in total. The van der Waals surface area contributed by atoms with Gasteiger partial charge in [-0.15, -0.1) is 0 Å². The third-order valence-corrected chi connectivity index (χ3v) is 2.90. The number of benzene rings is 1. The molecule has 0 saturated heterocycles. The summed E-state index contributed by atoms with van der Waals surface area (Å²) in [6.07, 6.45) is 0.483. The Kier molecular flexibility index (Phi) is 6.14. The summed E-state index contributed by atoms with van der Waals surface area (Å²) in [5.41, 5.74) is 12.1. The molecule has 2 amide bonds. The van der Waals surface area contributed by atoms with Crippen molar-refractivity contribution in [1.82, 2.24) is 10.6 Å². The Morgan fingerprint density at radius 2 is 1.40 bits per heavy atom. The molecule has 0 heterocycles. The lowest BCUT2D eigenvalue weighted by Crippen LogP contribution is -2.41. The summed E-state index contributed by atoms with van der Waals surface area (Å²) in [7, 11) is 0. The topological polar surface area (TPSA) is 110 Å². The second-order valence-electron chi connectivity index (χ2n) is 4.56. The SMILES string of the molecule is CCC(N)NC(=O)c1cccc(C(=O)NC(N)CC)c1. The van der Waals surface area contributed by atoms with Crippen molar-refractivity contribution in [3.8, 4) is 0 Å². The van der Waals surface area contributed by atoms with Crippen LogP contribution in [0.25, 0.3) is 0 Å². The fourth-order valence-electron chi connectivity index (χ4n) is 1.51. The molecule has 0 fully saturated rings. The fourth-order valence-corrected chi connectivity index (χ4v) is 1.51. The summed E-state index contributed by atoms with van der Waals surface area (Å²) in [6, 6.07) is 6.44. The molecule has 110 valence electrons. The van der Waals surface area contributed by atoms with Crippen molar-refractivity contribution in [1.29, 1.82) is 0 Å². The van der Waals surface area contributed by atoms with Gasteiger partial charge in [-0.25, -0.2) is 0 Å². The minimum Gasteiger partial charge on any atom is -0.337 e. The number of carbonyl (C=O) groups excluding carboxylic acids is 2. The van der Waals surface area contributed by atoms with Gasteiger partial charge < -0.3 is 22.1 Å². The number of carbonyl (C=O) groups is 2. The normalized spacial score (nSPS) is 13.4. The van der Waals surface area contributed by atoms with Crippen molar-refractivity contribution in [2.45, 2.75) is 39.0 Å². The van der Waals surface area contributed by atoms with Crippen LogP contribution < -0.4 is 22.1 Å². The van der Waals surface area contributed by atoms with E-state index in [0.29, 0.717) is 24.0 Å². The Hall–Kier alpha value is -1.92. The van der Waals surface area contributed by atoms with Crippen LogP contribution in [0.2, 0.25) is 0 Å². The van der Waals surface area contributed by atoms with Crippen molar-refractivity contribution in [2.24, 2.45) is 11.5 Å². The van der Waals surface area contributed by atoms with Crippen molar-refractivity contribution < 1.29 is 9.59 Å².